The van der Waals surface area contributed by atoms with Gasteiger partial charge < -0.3 is 14.1 Å². The molecule has 2 rings (SSSR count). The second-order valence-corrected chi connectivity index (χ2v) is 5.10. The largest absolute Gasteiger partial charge is 0.452 e. The van der Waals surface area contributed by atoms with Crippen molar-refractivity contribution >= 4 is 23.0 Å². The lowest BCUT2D eigenvalue weighted by Crippen LogP contribution is -2.35. The lowest BCUT2D eigenvalue weighted by molar-refractivity contribution is -0.158. The Morgan fingerprint density at radius 2 is 2.00 bits per heavy atom. The number of likely N-dealkylation sites (N-methyl/N-ethyl adjacent to an activating group) is 1. The van der Waals surface area contributed by atoms with Crippen molar-refractivity contribution in [2.75, 3.05) is 14.1 Å². The molecule has 2 aromatic rings. The number of aromatic nitrogens is 1. The van der Waals surface area contributed by atoms with Crippen LogP contribution in [0.5, 0.6) is 0 Å². The minimum atomic E-state index is -0.847. The van der Waals surface area contributed by atoms with Crippen molar-refractivity contribution < 1.29 is 18.7 Å². The van der Waals surface area contributed by atoms with E-state index in [1.165, 1.54) is 16.4 Å². The van der Waals surface area contributed by atoms with Gasteiger partial charge in [-0.1, -0.05) is 12.1 Å². The van der Waals surface area contributed by atoms with Crippen LogP contribution in [0.1, 0.15) is 13.3 Å². The number of para-hydroxylation sites is 2. The number of fused-ring (bicyclic) bond motifs is 1. The van der Waals surface area contributed by atoms with Gasteiger partial charge >= 0.3 is 11.7 Å². The first-order chi connectivity index (χ1) is 10.4. The molecule has 7 heteroatoms. The van der Waals surface area contributed by atoms with Crippen LogP contribution in [0.4, 0.5) is 0 Å². The highest BCUT2D eigenvalue weighted by Gasteiger charge is 2.19. The average Bonchev–Trinajstić information content (AvgIpc) is 2.79. The third-order valence-corrected chi connectivity index (χ3v) is 3.21. The highest BCUT2D eigenvalue weighted by Crippen LogP contribution is 2.12. The van der Waals surface area contributed by atoms with Crippen LogP contribution in [0.25, 0.3) is 11.1 Å². The Hall–Kier alpha value is -2.57. The second kappa shape index (κ2) is 6.46. The molecule has 0 N–H and O–H groups in total. The summed E-state index contributed by atoms with van der Waals surface area (Å²) < 4.78 is 11.5. The zero-order chi connectivity index (χ0) is 16.3. The summed E-state index contributed by atoms with van der Waals surface area (Å²) in [5.74, 6) is -1.36. The zero-order valence-electron chi connectivity index (χ0n) is 12.7. The predicted molar refractivity (Wildman–Crippen MR) is 79.3 cm³/mol. The topological polar surface area (TPSA) is 81.7 Å². The van der Waals surface area contributed by atoms with Crippen molar-refractivity contribution in [1.29, 1.82) is 0 Å². The van der Waals surface area contributed by atoms with Crippen molar-refractivity contribution in [2.24, 2.45) is 0 Å². The lowest BCUT2D eigenvalue weighted by Gasteiger charge is -2.17. The number of carbonyl (C=O) groups excluding carboxylic acids is 2. The molecule has 0 radical (unpaired) electrons. The molecule has 1 atom stereocenters. The van der Waals surface area contributed by atoms with E-state index >= 15 is 0 Å². The molecule has 0 saturated carbocycles. The Balaban J connectivity index is 2.00. The standard InChI is InChI=1S/C15H18N2O5/c1-10(14(19)16(2)3)21-13(18)8-9-17-11-6-4-5-7-12(11)22-15(17)20/h4-7,10H,8-9H2,1-3H3/t10-/m0/s1. The normalized spacial score (nSPS) is 12.1. The van der Waals surface area contributed by atoms with Gasteiger partial charge in [-0.15, -0.1) is 0 Å². The molecule has 1 heterocycles. The molecular weight excluding hydrogens is 288 g/mol. The third-order valence-electron chi connectivity index (χ3n) is 3.21. The molecule has 22 heavy (non-hydrogen) atoms. The van der Waals surface area contributed by atoms with Gasteiger partial charge in [0.1, 0.15) is 0 Å². The first-order valence-electron chi connectivity index (χ1n) is 6.89. The van der Waals surface area contributed by atoms with Crippen molar-refractivity contribution in [3.63, 3.8) is 0 Å². The van der Waals surface area contributed by atoms with Crippen molar-refractivity contribution in [2.45, 2.75) is 26.0 Å². The summed E-state index contributed by atoms with van der Waals surface area (Å²) in [6.07, 6.45) is -0.866. The minimum absolute atomic E-state index is 0.0194. The molecular formula is C15H18N2O5. The molecule has 1 aromatic carbocycles. The van der Waals surface area contributed by atoms with Gasteiger partial charge in [-0.2, -0.15) is 0 Å². The molecule has 0 fully saturated rings. The van der Waals surface area contributed by atoms with Crippen LogP contribution in [-0.4, -0.2) is 41.5 Å². The van der Waals surface area contributed by atoms with Gasteiger partial charge in [0.25, 0.3) is 5.91 Å². The summed E-state index contributed by atoms with van der Waals surface area (Å²) in [4.78, 5) is 36.5. The van der Waals surface area contributed by atoms with E-state index in [0.29, 0.717) is 11.1 Å². The Kier molecular flexibility index (Phi) is 4.65. The fourth-order valence-corrected chi connectivity index (χ4v) is 2.10. The van der Waals surface area contributed by atoms with Gasteiger partial charge in [-0.05, 0) is 19.1 Å². The predicted octanol–water partition coefficient (Wildman–Crippen LogP) is 1.00. The molecule has 0 aliphatic carbocycles. The molecule has 7 nitrogen and oxygen atoms in total. The highest BCUT2D eigenvalue weighted by atomic mass is 16.5. The number of carbonyl (C=O) groups is 2. The summed E-state index contributed by atoms with van der Waals surface area (Å²) in [6.45, 7) is 1.65. The van der Waals surface area contributed by atoms with Crippen LogP contribution in [0, 0.1) is 0 Å². The molecule has 0 bridgehead atoms. The minimum Gasteiger partial charge on any atom is -0.452 e. The average molecular weight is 306 g/mol. The number of benzene rings is 1. The fraction of sp³-hybridized carbons (Fsp3) is 0.400. The number of oxazole rings is 1. The van der Waals surface area contributed by atoms with E-state index in [1.54, 1.807) is 38.4 Å². The van der Waals surface area contributed by atoms with Crippen molar-refractivity contribution in [1.82, 2.24) is 9.47 Å². The first-order valence-corrected chi connectivity index (χ1v) is 6.89. The molecule has 0 unspecified atom stereocenters. The monoisotopic (exact) mass is 306 g/mol. The maximum absolute atomic E-state index is 11.8. The Morgan fingerprint density at radius 3 is 2.68 bits per heavy atom. The van der Waals surface area contributed by atoms with E-state index in [0.717, 1.165) is 0 Å². The number of aryl methyl sites for hydroxylation is 1. The Labute approximate surface area is 127 Å². The maximum atomic E-state index is 11.8. The van der Waals surface area contributed by atoms with E-state index in [1.807, 2.05) is 0 Å². The maximum Gasteiger partial charge on any atom is 0.419 e. The molecule has 0 spiro atoms. The smallest absolute Gasteiger partial charge is 0.419 e. The van der Waals surface area contributed by atoms with Crippen LogP contribution in [0.15, 0.2) is 33.5 Å². The van der Waals surface area contributed by atoms with E-state index in [9.17, 15) is 14.4 Å². The molecule has 1 amide bonds. The zero-order valence-corrected chi connectivity index (χ0v) is 12.7. The van der Waals surface area contributed by atoms with Gasteiger partial charge in [-0.25, -0.2) is 4.79 Å². The summed E-state index contributed by atoms with van der Waals surface area (Å²) >= 11 is 0. The summed E-state index contributed by atoms with van der Waals surface area (Å²) in [5.41, 5.74) is 1.09. The number of rotatable bonds is 5. The van der Waals surface area contributed by atoms with Crippen LogP contribution >= 0.6 is 0 Å². The van der Waals surface area contributed by atoms with E-state index in [2.05, 4.69) is 0 Å². The number of hydrogen-bond acceptors (Lipinski definition) is 5. The fourth-order valence-electron chi connectivity index (χ4n) is 2.10. The number of esters is 1. The molecule has 118 valence electrons. The number of hydrogen-bond donors (Lipinski definition) is 0. The summed E-state index contributed by atoms with van der Waals surface area (Å²) in [5, 5.41) is 0. The summed E-state index contributed by atoms with van der Waals surface area (Å²) in [6, 6.07) is 6.97. The first kappa shape index (κ1) is 15.8. The molecule has 0 aliphatic heterocycles. The number of ether oxygens (including phenoxy) is 1. The van der Waals surface area contributed by atoms with Crippen molar-refractivity contribution in [3.8, 4) is 0 Å². The van der Waals surface area contributed by atoms with Gasteiger partial charge in [0.2, 0.25) is 0 Å². The molecule has 0 aliphatic rings. The van der Waals surface area contributed by atoms with E-state index in [4.69, 9.17) is 9.15 Å². The van der Waals surface area contributed by atoms with Crippen LogP contribution in [0.2, 0.25) is 0 Å². The second-order valence-electron chi connectivity index (χ2n) is 5.10. The van der Waals surface area contributed by atoms with E-state index < -0.39 is 17.8 Å². The van der Waals surface area contributed by atoms with Gasteiger partial charge in [0.05, 0.1) is 11.9 Å². The van der Waals surface area contributed by atoms with E-state index in [-0.39, 0.29) is 18.9 Å². The lowest BCUT2D eigenvalue weighted by atomic mass is 10.3. The van der Waals surface area contributed by atoms with Crippen LogP contribution in [-0.2, 0) is 20.9 Å². The number of amides is 1. The number of nitrogens with zero attached hydrogens (tertiary/aromatic N) is 2. The summed E-state index contributed by atoms with van der Waals surface area (Å²) in [7, 11) is 3.17. The van der Waals surface area contributed by atoms with Gasteiger partial charge in [0.15, 0.2) is 11.7 Å². The van der Waals surface area contributed by atoms with Gasteiger partial charge in [0, 0.05) is 20.6 Å². The van der Waals surface area contributed by atoms with Crippen molar-refractivity contribution in [3.05, 3.63) is 34.8 Å². The third kappa shape index (κ3) is 3.36. The van der Waals surface area contributed by atoms with Crippen LogP contribution < -0.4 is 5.76 Å². The quantitative estimate of drug-likeness (QED) is 0.770. The molecule has 0 saturated heterocycles. The Bertz CT molecular complexity index is 744. The molecule has 1 aromatic heterocycles. The highest BCUT2D eigenvalue weighted by molar-refractivity contribution is 5.83. The Morgan fingerprint density at radius 1 is 1.32 bits per heavy atom. The SMILES string of the molecule is C[C@H](OC(=O)CCn1c(=O)oc2ccccc21)C(=O)N(C)C. The van der Waals surface area contributed by atoms with Gasteiger partial charge in [-0.3, -0.25) is 14.2 Å². The van der Waals surface area contributed by atoms with Crippen LogP contribution in [0.3, 0.4) is 0 Å².